The Morgan fingerprint density at radius 1 is 1.20 bits per heavy atom. The van der Waals surface area contributed by atoms with Crippen LogP contribution in [0.2, 0.25) is 0 Å². The summed E-state index contributed by atoms with van der Waals surface area (Å²) in [5.41, 5.74) is 7.14. The second-order valence-electron chi connectivity index (χ2n) is 4.53. The molecule has 0 aliphatic heterocycles. The van der Waals surface area contributed by atoms with E-state index in [2.05, 4.69) is 0 Å². The van der Waals surface area contributed by atoms with Gasteiger partial charge in [-0.2, -0.15) is 0 Å². The lowest BCUT2D eigenvalue weighted by Crippen LogP contribution is -2.34. The summed E-state index contributed by atoms with van der Waals surface area (Å²) < 4.78 is 24.6. The highest BCUT2D eigenvalue weighted by Gasteiger charge is 2.15. The smallest absolute Gasteiger partial charge is 0.242 e. The second-order valence-corrected chi connectivity index (χ2v) is 4.53. The van der Waals surface area contributed by atoms with Crippen molar-refractivity contribution in [2.45, 2.75) is 38.7 Å². The fourth-order valence-corrected chi connectivity index (χ4v) is 1.59. The highest BCUT2D eigenvalue weighted by atomic mass is 19.3. The average Bonchev–Trinajstić information content (AvgIpc) is 2.05. The topological polar surface area (TPSA) is 26.0 Å². The van der Waals surface area contributed by atoms with Crippen LogP contribution in [-0.2, 0) is 12.8 Å². The molecule has 0 amide bonds. The van der Waals surface area contributed by atoms with Crippen LogP contribution >= 0.6 is 0 Å². The average molecular weight is 213 g/mol. The van der Waals surface area contributed by atoms with E-state index in [0.717, 1.165) is 5.56 Å². The standard InChI is InChI=1S/C12H17F2N/c1-12(2,15)8-10-6-4-3-5-9(10)7-11(13)14/h3-6,11H,7-8,15H2,1-2H3. The van der Waals surface area contributed by atoms with Crippen molar-refractivity contribution in [1.82, 2.24) is 0 Å². The Morgan fingerprint density at radius 2 is 1.73 bits per heavy atom. The van der Waals surface area contributed by atoms with Gasteiger partial charge < -0.3 is 5.73 Å². The molecular weight excluding hydrogens is 196 g/mol. The van der Waals surface area contributed by atoms with E-state index < -0.39 is 6.43 Å². The maximum Gasteiger partial charge on any atom is 0.242 e. The number of hydrogen-bond donors (Lipinski definition) is 1. The predicted octanol–water partition coefficient (Wildman–Crippen LogP) is 2.77. The third kappa shape index (κ3) is 4.38. The molecule has 0 fully saturated rings. The molecule has 0 atom stereocenters. The first-order valence-corrected chi connectivity index (χ1v) is 5.02. The molecule has 84 valence electrons. The first-order chi connectivity index (χ1) is 6.88. The molecule has 0 spiro atoms. The molecule has 0 aromatic heterocycles. The number of nitrogens with two attached hydrogens (primary N) is 1. The highest BCUT2D eigenvalue weighted by Crippen LogP contribution is 2.17. The Labute approximate surface area is 89.3 Å². The zero-order valence-electron chi connectivity index (χ0n) is 9.13. The molecule has 1 aromatic rings. The first-order valence-electron chi connectivity index (χ1n) is 5.02. The summed E-state index contributed by atoms with van der Waals surface area (Å²) in [5, 5.41) is 0. The van der Waals surface area contributed by atoms with Gasteiger partial charge in [-0.05, 0) is 31.4 Å². The number of halogens is 2. The summed E-state index contributed by atoms with van der Waals surface area (Å²) in [7, 11) is 0. The van der Waals surface area contributed by atoms with Gasteiger partial charge in [0, 0.05) is 12.0 Å². The molecule has 1 rings (SSSR count). The van der Waals surface area contributed by atoms with Crippen molar-refractivity contribution in [2.24, 2.45) is 5.73 Å². The van der Waals surface area contributed by atoms with Gasteiger partial charge in [0.05, 0.1) is 0 Å². The van der Waals surface area contributed by atoms with Crippen LogP contribution in [0, 0.1) is 0 Å². The first kappa shape index (κ1) is 12.1. The lowest BCUT2D eigenvalue weighted by molar-refractivity contribution is 0.148. The summed E-state index contributed by atoms with van der Waals surface area (Å²) in [6.07, 6.45) is -1.87. The van der Waals surface area contributed by atoms with Gasteiger partial charge >= 0.3 is 0 Å². The summed E-state index contributed by atoms with van der Waals surface area (Å²) in [6, 6.07) is 7.25. The molecule has 0 radical (unpaired) electrons. The summed E-state index contributed by atoms with van der Waals surface area (Å²) in [5.74, 6) is 0. The molecular formula is C12H17F2N. The molecule has 0 aliphatic rings. The van der Waals surface area contributed by atoms with Crippen molar-refractivity contribution in [1.29, 1.82) is 0 Å². The molecule has 0 aliphatic carbocycles. The van der Waals surface area contributed by atoms with Crippen LogP contribution in [0.1, 0.15) is 25.0 Å². The molecule has 1 nitrogen and oxygen atoms in total. The van der Waals surface area contributed by atoms with Gasteiger partial charge in [-0.3, -0.25) is 0 Å². The Morgan fingerprint density at radius 3 is 2.20 bits per heavy atom. The maximum atomic E-state index is 12.3. The van der Waals surface area contributed by atoms with Gasteiger partial charge in [0.15, 0.2) is 0 Å². The number of benzene rings is 1. The van der Waals surface area contributed by atoms with E-state index >= 15 is 0 Å². The van der Waals surface area contributed by atoms with Gasteiger partial charge in [-0.1, -0.05) is 24.3 Å². The van der Waals surface area contributed by atoms with Crippen LogP contribution < -0.4 is 5.73 Å². The molecule has 15 heavy (non-hydrogen) atoms. The predicted molar refractivity (Wildman–Crippen MR) is 58.1 cm³/mol. The number of alkyl halides is 2. The van der Waals surface area contributed by atoms with Gasteiger partial charge in [0.25, 0.3) is 0 Å². The molecule has 2 N–H and O–H groups in total. The monoisotopic (exact) mass is 213 g/mol. The summed E-state index contributed by atoms with van der Waals surface area (Å²) >= 11 is 0. The van der Waals surface area contributed by atoms with E-state index in [0.29, 0.717) is 12.0 Å². The minimum absolute atomic E-state index is 0.188. The van der Waals surface area contributed by atoms with Gasteiger partial charge in [-0.25, -0.2) is 8.78 Å². The lowest BCUT2D eigenvalue weighted by Gasteiger charge is -2.20. The van der Waals surface area contributed by atoms with Gasteiger partial charge in [0.1, 0.15) is 0 Å². The van der Waals surface area contributed by atoms with E-state index in [1.807, 2.05) is 26.0 Å². The molecule has 1 aromatic carbocycles. The van der Waals surface area contributed by atoms with Crippen LogP contribution in [0.4, 0.5) is 8.78 Å². The molecule has 3 heteroatoms. The Hall–Kier alpha value is -0.960. The maximum absolute atomic E-state index is 12.3. The molecule has 0 heterocycles. The van der Waals surface area contributed by atoms with Crippen molar-refractivity contribution >= 4 is 0 Å². The van der Waals surface area contributed by atoms with Crippen LogP contribution in [0.25, 0.3) is 0 Å². The van der Waals surface area contributed by atoms with E-state index in [-0.39, 0.29) is 12.0 Å². The van der Waals surface area contributed by atoms with Crippen LogP contribution in [0.15, 0.2) is 24.3 Å². The molecule has 0 bridgehead atoms. The normalized spacial score (nSPS) is 12.1. The highest BCUT2D eigenvalue weighted by molar-refractivity contribution is 5.29. The van der Waals surface area contributed by atoms with E-state index in [4.69, 9.17) is 5.73 Å². The quantitative estimate of drug-likeness (QED) is 0.817. The van der Waals surface area contributed by atoms with Crippen LogP contribution in [0.3, 0.4) is 0 Å². The zero-order valence-corrected chi connectivity index (χ0v) is 9.13. The largest absolute Gasteiger partial charge is 0.325 e. The fraction of sp³-hybridized carbons (Fsp3) is 0.500. The Kier molecular flexibility index (Phi) is 3.80. The number of rotatable bonds is 4. The van der Waals surface area contributed by atoms with E-state index in [9.17, 15) is 8.78 Å². The molecule has 0 saturated heterocycles. The van der Waals surface area contributed by atoms with Crippen molar-refractivity contribution in [2.75, 3.05) is 0 Å². The summed E-state index contributed by atoms with van der Waals surface area (Å²) in [6.45, 7) is 3.79. The van der Waals surface area contributed by atoms with Crippen molar-refractivity contribution < 1.29 is 8.78 Å². The third-order valence-corrected chi connectivity index (χ3v) is 2.14. The summed E-state index contributed by atoms with van der Waals surface area (Å²) in [4.78, 5) is 0. The SMILES string of the molecule is CC(C)(N)Cc1ccccc1CC(F)F. The van der Waals surface area contributed by atoms with Gasteiger partial charge in [0.2, 0.25) is 6.43 Å². The van der Waals surface area contributed by atoms with Crippen LogP contribution in [0.5, 0.6) is 0 Å². The zero-order chi connectivity index (χ0) is 11.5. The minimum atomic E-state index is -2.30. The van der Waals surface area contributed by atoms with Crippen molar-refractivity contribution in [3.05, 3.63) is 35.4 Å². The van der Waals surface area contributed by atoms with Crippen molar-refractivity contribution in [3.8, 4) is 0 Å². The van der Waals surface area contributed by atoms with Gasteiger partial charge in [-0.15, -0.1) is 0 Å². The Balaban J connectivity index is 2.86. The third-order valence-electron chi connectivity index (χ3n) is 2.14. The Bertz CT molecular complexity index is 316. The fourth-order valence-electron chi connectivity index (χ4n) is 1.59. The molecule has 0 saturated carbocycles. The van der Waals surface area contributed by atoms with Crippen LogP contribution in [-0.4, -0.2) is 12.0 Å². The second kappa shape index (κ2) is 4.71. The molecule has 0 unspecified atom stereocenters. The lowest BCUT2D eigenvalue weighted by atomic mass is 9.92. The number of hydrogen-bond acceptors (Lipinski definition) is 1. The van der Waals surface area contributed by atoms with E-state index in [1.165, 1.54) is 0 Å². The van der Waals surface area contributed by atoms with E-state index in [1.54, 1.807) is 12.1 Å². The minimum Gasteiger partial charge on any atom is -0.325 e. The van der Waals surface area contributed by atoms with Crippen molar-refractivity contribution in [3.63, 3.8) is 0 Å².